The number of benzene rings is 1. The monoisotopic (exact) mass is 352 g/mol. The van der Waals surface area contributed by atoms with Gasteiger partial charge in [-0.15, -0.1) is 0 Å². The van der Waals surface area contributed by atoms with Gasteiger partial charge in [0, 0.05) is 13.6 Å². The molecular weight excluding hydrogens is 335 g/mol. The fourth-order valence-electron chi connectivity index (χ4n) is 1.82. The number of primary sulfonamides is 1. The van der Waals surface area contributed by atoms with Crippen LogP contribution < -0.4 is 5.14 Å². The lowest BCUT2D eigenvalue weighted by Gasteiger charge is -2.22. The van der Waals surface area contributed by atoms with E-state index in [0.29, 0.717) is 12.5 Å². The molecular formula is C13H18Cl2N2O3S. The van der Waals surface area contributed by atoms with Crippen molar-refractivity contribution in [3.63, 3.8) is 0 Å². The maximum Gasteiger partial charge on any atom is 0.256 e. The number of amides is 1. The van der Waals surface area contributed by atoms with E-state index in [-0.39, 0.29) is 20.5 Å². The largest absolute Gasteiger partial charge is 0.341 e. The van der Waals surface area contributed by atoms with Crippen LogP contribution in [0.3, 0.4) is 0 Å². The fraction of sp³-hybridized carbons (Fsp3) is 0.462. The molecule has 0 spiro atoms. The van der Waals surface area contributed by atoms with Crippen LogP contribution in [0.25, 0.3) is 0 Å². The van der Waals surface area contributed by atoms with Gasteiger partial charge in [0.15, 0.2) is 0 Å². The highest BCUT2D eigenvalue weighted by Gasteiger charge is 2.25. The van der Waals surface area contributed by atoms with E-state index >= 15 is 0 Å². The molecule has 0 heterocycles. The van der Waals surface area contributed by atoms with E-state index in [0.717, 1.165) is 6.42 Å². The van der Waals surface area contributed by atoms with Crippen LogP contribution >= 0.6 is 23.2 Å². The maximum absolute atomic E-state index is 12.4. The van der Waals surface area contributed by atoms with Crippen LogP contribution in [0, 0.1) is 5.92 Å². The fourth-order valence-corrected chi connectivity index (χ4v) is 3.28. The zero-order chi connectivity index (χ0) is 16.4. The molecule has 0 radical (unpaired) electrons. The Kier molecular flexibility index (Phi) is 6.04. The molecule has 21 heavy (non-hydrogen) atoms. The molecule has 2 N–H and O–H groups in total. The minimum absolute atomic E-state index is 0.0457. The Balaban J connectivity index is 3.27. The first kappa shape index (κ1) is 18.2. The molecule has 1 unspecified atom stereocenters. The highest BCUT2D eigenvalue weighted by Crippen LogP contribution is 2.31. The smallest absolute Gasteiger partial charge is 0.256 e. The SMILES string of the molecule is CCC(C)CN(C)C(=O)c1c(Cl)ccc(S(N)(=O)=O)c1Cl. The number of carbonyl (C=O) groups excluding carboxylic acids is 1. The van der Waals surface area contributed by atoms with Crippen molar-refractivity contribution in [2.24, 2.45) is 11.1 Å². The lowest BCUT2D eigenvalue weighted by atomic mass is 10.1. The molecule has 0 bridgehead atoms. The summed E-state index contributed by atoms with van der Waals surface area (Å²) in [7, 11) is -2.41. The van der Waals surface area contributed by atoms with E-state index in [1.54, 1.807) is 7.05 Å². The Morgan fingerprint density at radius 3 is 2.43 bits per heavy atom. The third kappa shape index (κ3) is 4.32. The number of hydrogen-bond acceptors (Lipinski definition) is 3. The topological polar surface area (TPSA) is 80.5 Å². The quantitative estimate of drug-likeness (QED) is 0.884. The van der Waals surface area contributed by atoms with Crippen molar-refractivity contribution in [2.75, 3.05) is 13.6 Å². The van der Waals surface area contributed by atoms with Crippen molar-refractivity contribution in [1.82, 2.24) is 4.90 Å². The van der Waals surface area contributed by atoms with Gasteiger partial charge in [0.05, 0.1) is 15.6 Å². The second kappa shape index (κ2) is 6.96. The molecule has 0 fully saturated rings. The summed E-state index contributed by atoms with van der Waals surface area (Å²) in [5.74, 6) is -0.131. The summed E-state index contributed by atoms with van der Waals surface area (Å²) in [5, 5.41) is 4.92. The lowest BCUT2D eigenvalue weighted by Crippen LogP contribution is -2.31. The molecule has 1 aromatic rings. The lowest BCUT2D eigenvalue weighted by molar-refractivity contribution is 0.0775. The summed E-state index contributed by atoms with van der Waals surface area (Å²) in [5.41, 5.74) is -0.0457. The Morgan fingerprint density at radius 1 is 1.38 bits per heavy atom. The number of nitrogens with two attached hydrogens (primary N) is 1. The standard InChI is InChI=1S/C13H18Cl2N2O3S/c1-4-8(2)7-17(3)13(18)11-9(14)5-6-10(12(11)15)21(16,19)20/h5-6,8H,4,7H2,1-3H3,(H2,16,19,20). The van der Waals surface area contributed by atoms with Gasteiger partial charge in [0.25, 0.3) is 5.91 Å². The number of carbonyl (C=O) groups is 1. The first-order chi connectivity index (χ1) is 9.59. The normalized spacial score (nSPS) is 13.0. The highest BCUT2D eigenvalue weighted by atomic mass is 35.5. The second-order valence-electron chi connectivity index (χ2n) is 4.98. The van der Waals surface area contributed by atoms with Crippen molar-refractivity contribution in [1.29, 1.82) is 0 Å². The zero-order valence-electron chi connectivity index (χ0n) is 12.1. The molecule has 118 valence electrons. The van der Waals surface area contributed by atoms with Crippen molar-refractivity contribution in [3.8, 4) is 0 Å². The average molecular weight is 353 g/mol. The second-order valence-corrected chi connectivity index (χ2v) is 7.29. The van der Waals surface area contributed by atoms with E-state index in [9.17, 15) is 13.2 Å². The number of hydrogen-bond donors (Lipinski definition) is 1. The molecule has 5 nitrogen and oxygen atoms in total. The molecule has 1 aromatic carbocycles. The molecule has 0 saturated heterocycles. The van der Waals surface area contributed by atoms with Crippen LogP contribution in [0.4, 0.5) is 0 Å². The minimum Gasteiger partial charge on any atom is -0.341 e. The molecule has 0 aliphatic carbocycles. The molecule has 0 saturated carbocycles. The van der Waals surface area contributed by atoms with Crippen molar-refractivity contribution < 1.29 is 13.2 Å². The van der Waals surface area contributed by atoms with Crippen molar-refractivity contribution in [2.45, 2.75) is 25.2 Å². The minimum atomic E-state index is -4.02. The van der Waals surface area contributed by atoms with E-state index in [1.165, 1.54) is 17.0 Å². The summed E-state index contributed by atoms with van der Waals surface area (Å²) in [6.07, 6.45) is 0.913. The molecule has 8 heteroatoms. The number of rotatable bonds is 5. The predicted molar refractivity (Wildman–Crippen MR) is 84.3 cm³/mol. The maximum atomic E-state index is 12.4. The van der Waals surface area contributed by atoms with Gasteiger partial charge in [-0.05, 0) is 18.1 Å². The number of halogens is 2. The van der Waals surface area contributed by atoms with Crippen LogP contribution in [-0.2, 0) is 10.0 Å². The molecule has 0 aliphatic heterocycles. The summed E-state index contributed by atoms with van der Waals surface area (Å²) >= 11 is 12.0. The van der Waals surface area contributed by atoms with E-state index in [1.807, 2.05) is 13.8 Å². The van der Waals surface area contributed by atoms with Crippen molar-refractivity contribution >= 4 is 39.1 Å². The van der Waals surface area contributed by atoms with Crippen molar-refractivity contribution in [3.05, 3.63) is 27.7 Å². The van der Waals surface area contributed by atoms with Gasteiger partial charge in [-0.3, -0.25) is 4.79 Å². The molecule has 1 rings (SSSR count). The van der Waals surface area contributed by atoms with E-state index in [4.69, 9.17) is 28.3 Å². The van der Waals surface area contributed by atoms with Crippen LogP contribution in [0.5, 0.6) is 0 Å². The highest BCUT2D eigenvalue weighted by molar-refractivity contribution is 7.89. The van der Waals surface area contributed by atoms with Gasteiger partial charge < -0.3 is 4.90 Å². The van der Waals surface area contributed by atoms with Gasteiger partial charge in [0.2, 0.25) is 10.0 Å². The Hall–Kier alpha value is -0.820. The van der Waals surface area contributed by atoms with E-state index in [2.05, 4.69) is 0 Å². The summed E-state index contributed by atoms with van der Waals surface area (Å²) in [6.45, 7) is 4.54. The average Bonchev–Trinajstić information content (AvgIpc) is 2.36. The molecule has 1 atom stereocenters. The van der Waals surface area contributed by atoms with Crippen LogP contribution in [0.1, 0.15) is 30.6 Å². The Morgan fingerprint density at radius 2 is 1.95 bits per heavy atom. The third-order valence-corrected chi connectivity index (χ3v) is 4.98. The molecule has 1 amide bonds. The predicted octanol–water partition coefficient (Wildman–Crippen LogP) is 2.76. The summed E-state index contributed by atoms with van der Waals surface area (Å²) in [4.78, 5) is 13.6. The molecule has 0 aromatic heterocycles. The summed E-state index contributed by atoms with van der Waals surface area (Å²) < 4.78 is 22.9. The van der Waals surface area contributed by atoms with E-state index < -0.39 is 15.9 Å². The van der Waals surface area contributed by atoms with Crippen LogP contribution in [0.2, 0.25) is 10.0 Å². The van der Waals surface area contributed by atoms with Gasteiger partial charge in [-0.1, -0.05) is 43.5 Å². The van der Waals surface area contributed by atoms with Gasteiger partial charge in [0.1, 0.15) is 4.90 Å². The Bertz CT molecular complexity index is 647. The third-order valence-electron chi connectivity index (χ3n) is 3.21. The first-order valence-corrected chi connectivity index (χ1v) is 8.66. The van der Waals surface area contributed by atoms with Gasteiger partial charge in [-0.2, -0.15) is 0 Å². The van der Waals surface area contributed by atoms with Gasteiger partial charge in [-0.25, -0.2) is 13.6 Å². The number of sulfonamides is 1. The van der Waals surface area contributed by atoms with Crippen LogP contribution in [-0.4, -0.2) is 32.8 Å². The zero-order valence-corrected chi connectivity index (χ0v) is 14.4. The first-order valence-electron chi connectivity index (χ1n) is 6.35. The van der Waals surface area contributed by atoms with Gasteiger partial charge >= 0.3 is 0 Å². The Labute approximate surface area is 135 Å². The number of nitrogens with zero attached hydrogens (tertiary/aromatic N) is 1. The summed E-state index contributed by atoms with van der Waals surface area (Å²) in [6, 6.07) is 2.49. The molecule has 0 aliphatic rings. The van der Waals surface area contributed by atoms with Crippen LogP contribution in [0.15, 0.2) is 17.0 Å².